The highest BCUT2D eigenvalue weighted by Gasteiger charge is 2.18. The number of fused-ring (bicyclic) bond motifs is 1. The molecule has 0 unspecified atom stereocenters. The number of ketones is 1. The van der Waals surface area contributed by atoms with Gasteiger partial charge in [0, 0.05) is 37.0 Å². The van der Waals surface area contributed by atoms with E-state index in [1.165, 1.54) is 11.3 Å². The van der Waals surface area contributed by atoms with Crippen LogP contribution in [0, 0.1) is 0 Å². The maximum Gasteiger partial charge on any atom is 0.224 e. The molecule has 0 radical (unpaired) electrons. The maximum absolute atomic E-state index is 12.9. The molecule has 1 amide bonds. The van der Waals surface area contributed by atoms with Gasteiger partial charge in [-0.2, -0.15) is 5.10 Å². The standard InChI is InChI=1S/C25H25N5O3S/c31-23(7-2-10-29-11-13-33-14-12-29)28-19-5-1-4-18(16-19)21-8-9-26-25-20(17-27-30(21)25)24(32)22-6-3-15-34-22/h1,3-6,8-9,15-17H,2,7,10-14H2,(H,28,31). The summed E-state index contributed by atoms with van der Waals surface area (Å²) in [7, 11) is 0. The summed E-state index contributed by atoms with van der Waals surface area (Å²) >= 11 is 1.40. The summed E-state index contributed by atoms with van der Waals surface area (Å²) in [5, 5.41) is 9.31. The second-order valence-corrected chi connectivity index (χ2v) is 9.06. The Morgan fingerprint density at radius 2 is 2.00 bits per heavy atom. The van der Waals surface area contributed by atoms with Crippen LogP contribution in [0.5, 0.6) is 0 Å². The van der Waals surface area contributed by atoms with Gasteiger partial charge in [-0.1, -0.05) is 18.2 Å². The van der Waals surface area contributed by atoms with E-state index in [-0.39, 0.29) is 11.7 Å². The van der Waals surface area contributed by atoms with Crippen LogP contribution in [0.4, 0.5) is 5.69 Å². The number of benzene rings is 1. The van der Waals surface area contributed by atoms with Crippen molar-refractivity contribution in [2.45, 2.75) is 12.8 Å². The lowest BCUT2D eigenvalue weighted by Gasteiger charge is -2.26. The molecule has 1 aromatic carbocycles. The van der Waals surface area contributed by atoms with E-state index in [4.69, 9.17) is 4.74 Å². The zero-order chi connectivity index (χ0) is 23.3. The van der Waals surface area contributed by atoms with E-state index < -0.39 is 0 Å². The quantitative estimate of drug-likeness (QED) is 0.391. The van der Waals surface area contributed by atoms with Crippen LogP contribution in [0.1, 0.15) is 28.1 Å². The van der Waals surface area contributed by atoms with Crippen LogP contribution in [0.3, 0.4) is 0 Å². The van der Waals surface area contributed by atoms with E-state index in [0.717, 1.165) is 56.2 Å². The van der Waals surface area contributed by atoms with Gasteiger partial charge in [-0.15, -0.1) is 11.3 Å². The summed E-state index contributed by atoms with van der Waals surface area (Å²) in [6.07, 6.45) is 4.52. The van der Waals surface area contributed by atoms with Crippen molar-refractivity contribution in [2.24, 2.45) is 0 Å². The summed E-state index contributed by atoms with van der Waals surface area (Å²) in [6, 6.07) is 13.1. The monoisotopic (exact) mass is 475 g/mol. The fraction of sp³-hybridized carbons (Fsp3) is 0.280. The molecule has 8 nitrogen and oxygen atoms in total. The van der Waals surface area contributed by atoms with Crippen molar-refractivity contribution in [3.05, 3.63) is 70.7 Å². The average Bonchev–Trinajstić information content (AvgIpc) is 3.55. The number of ether oxygens (including phenoxy) is 1. The van der Waals surface area contributed by atoms with Gasteiger partial charge in [0.15, 0.2) is 5.65 Å². The van der Waals surface area contributed by atoms with Gasteiger partial charge in [-0.05, 0) is 42.6 Å². The Labute approximate surface area is 201 Å². The third kappa shape index (κ3) is 4.91. The molecular formula is C25H25N5O3S. The predicted octanol–water partition coefficient (Wildman–Crippen LogP) is 3.74. The minimum Gasteiger partial charge on any atom is -0.379 e. The first kappa shape index (κ1) is 22.4. The number of rotatable bonds is 8. The number of anilines is 1. The number of morpholine rings is 1. The van der Waals surface area contributed by atoms with Gasteiger partial charge in [0.2, 0.25) is 11.7 Å². The number of hydrogen-bond donors (Lipinski definition) is 1. The summed E-state index contributed by atoms with van der Waals surface area (Å²) < 4.78 is 7.03. The van der Waals surface area contributed by atoms with E-state index in [9.17, 15) is 9.59 Å². The van der Waals surface area contributed by atoms with E-state index >= 15 is 0 Å². The maximum atomic E-state index is 12.9. The fourth-order valence-corrected chi connectivity index (χ4v) is 4.76. The molecule has 9 heteroatoms. The van der Waals surface area contributed by atoms with Crippen molar-refractivity contribution in [1.82, 2.24) is 19.5 Å². The molecule has 3 aromatic heterocycles. The smallest absolute Gasteiger partial charge is 0.224 e. The van der Waals surface area contributed by atoms with Crippen LogP contribution >= 0.6 is 11.3 Å². The summed E-state index contributed by atoms with van der Waals surface area (Å²) in [5.41, 5.74) is 3.36. The Morgan fingerprint density at radius 3 is 2.82 bits per heavy atom. The second kappa shape index (κ2) is 10.3. The van der Waals surface area contributed by atoms with Gasteiger partial charge in [0.05, 0.1) is 35.5 Å². The molecule has 1 saturated heterocycles. The molecule has 0 aliphatic carbocycles. The summed E-state index contributed by atoms with van der Waals surface area (Å²) in [5.74, 6) is -0.0963. The molecule has 1 aliphatic heterocycles. The summed E-state index contributed by atoms with van der Waals surface area (Å²) in [4.78, 5) is 32.7. The fourth-order valence-electron chi connectivity index (χ4n) is 4.08. The molecule has 34 heavy (non-hydrogen) atoms. The minimum atomic E-state index is -0.0901. The number of thiophene rings is 1. The largest absolute Gasteiger partial charge is 0.379 e. The molecule has 4 heterocycles. The van der Waals surface area contributed by atoms with Crippen LogP contribution in [0.15, 0.2) is 60.2 Å². The molecule has 4 aromatic rings. The highest BCUT2D eigenvalue weighted by Crippen LogP contribution is 2.25. The molecule has 1 aliphatic rings. The van der Waals surface area contributed by atoms with Crippen molar-refractivity contribution in [3.8, 4) is 11.3 Å². The molecule has 5 rings (SSSR count). The van der Waals surface area contributed by atoms with Crippen molar-refractivity contribution in [1.29, 1.82) is 0 Å². The number of nitrogens with zero attached hydrogens (tertiary/aromatic N) is 4. The Kier molecular flexibility index (Phi) is 6.75. The Bertz CT molecular complexity index is 1300. The molecular weight excluding hydrogens is 450 g/mol. The van der Waals surface area contributed by atoms with Gasteiger partial charge in [-0.3, -0.25) is 14.5 Å². The third-order valence-corrected chi connectivity index (χ3v) is 6.68. The number of aromatic nitrogens is 3. The highest BCUT2D eigenvalue weighted by atomic mass is 32.1. The highest BCUT2D eigenvalue weighted by molar-refractivity contribution is 7.12. The van der Waals surface area contributed by atoms with E-state index in [0.29, 0.717) is 22.5 Å². The Hall–Kier alpha value is -3.40. The van der Waals surface area contributed by atoms with Crippen molar-refractivity contribution in [3.63, 3.8) is 0 Å². The lowest BCUT2D eigenvalue weighted by atomic mass is 10.1. The lowest BCUT2D eigenvalue weighted by molar-refractivity contribution is -0.116. The zero-order valence-electron chi connectivity index (χ0n) is 18.6. The predicted molar refractivity (Wildman–Crippen MR) is 131 cm³/mol. The van der Waals surface area contributed by atoms with Gasteiger partial charge >= 0.3 is 0 Å². The SMILES string of the molecule is O=C(CCCN1CCOCC1)Nc1cccc(-c2ccnc3c(C(=O)c4cccs4)cnn23)c1. The van der Waals surface area contributed by atoms with Crippen LogP contribution < -0.4 is 5.32 Å². The van der Waals surface area contributed by atoms with Crippen molar-refractivity contribution >= 4 is 34.4 Å². The van der Waals surface area contributed by atoms with Crippen molar-refractivity contribution < 1.29 is 14.3 Å². The normalized spacial score (nSPS) is 14.4. The first-order chi connectivity index (χ1) is 16.7. The first-order valence-corrected chi connectivity index (χ1v) is 12.2. The molecule has 1 fully saturated rings. The number of nitrogens with one attached hydrogen (secondary N) is 1. The lowest BCUT2D eigenvalue weighted by Crippen LogP contribution is -2.37. The second-order valence-electron chi connectivity index (χ2n) is 8.12. The molecule has 0 spiro atoms. The molecule has 1 N–H and O–H groups in total. The van der Waals surface area contributed by atoms with E-state index in [1.807, 2.05) is 41.8 Å². The van der Waals surface area contributed by atoms with Gasteiger partial charge in [0.25, 0.3) is 0 Å². The van der Waals surface area contributed by atoms with E-state index in [2.05, 4.69) is 20.3 Å². The van der Waals surface area contributed by atoms with Crippen molar-refractivity contribution in [2.75, 3.05) is 38.2 Å². The zero-order valence-corrected chi connectivity index (χ0v) is 19.5. The third-order valence-electron chi connectivity index (χ3n) is 5.81. The van der Waals surface area contributed by atoms with E-state index in [1.54, 1.807) is 23.0 Å². The Balaban J connectivity index is 1.29. The van der Waals surface area contributed by atoms with Crippen LogP contribution in [-0.4, -0.2) is 64.0 Å². The Morgan fingerprint density at radius 1 is 1.12 bits per heavy atom. The molecule has 0 atom stereocenters. The van der Waals surface area contributed by atoms with Crippen LogP contribution in [0.25, 0.3) is 16.9 Å². The number of amides is 1. The van der Waals surface area contributed by atoms with Gasteiger partial charge < -0.3 is 10.1 Å². The first-order valence-electron chi connectivity index (χ1n) is 11.3. The van der Waals surface area contributed by atoms with Gasteiger partial charge in [0.1, 0.15) is 0 Å². The number of hydrogen-bond acceptors (Lipinski definition) is 7. The summed E-state index contributed by atoms with van der Waals surface area (Å²) in [6.45, 7) is 4.29. The number of carbonyl (C=O) groups excluding carboxylic acids is 2. The van der Waals surface area contributed by atoms with Crippen LogP contribution in [0.2, 0.25) is 0 Å². The van der Waals surface area contributed by atoms with Crippen LogP contribution in [-0.2, 0) is 9.53 Å². The number of carbonyl (C=O) groups is 2. The average molecular weight is 476 g/mol. The van der Waals surface area contributed by atoms with Gasteiger partial charge in [-0.25, -0.2) is 9.50 Å². The molecule has 174 valence electrons. The molecule has 0 bridgehead atoms. The minimum absolute atomic E-state index is 0.00629. The topological polar surface area (TPSA) is 88.8 Å². The molecule has 0 saturated carbocycles.